The molecule has 0 aliphatic heterocycles. The third-order valence-electron chi connectivity index (χ3n) is 4.61. The topological polar surface area (TPSA) is 82.6 Å². The Labute approximate surface area is 167 Å². The van der Waals surface area contributed by atoms with Gasteiger partial charge in [0.05, 0.1) is 16.3 Å². The van der Waals surface area contributed by atoms with Gasteiger partial charge in [0, 0.05) is 44.1 Å². The molecule has 2 aromatic rings. The first-order valence-corrected chi connectivity index (χ1v) is 10.9. The molecule has 0 spiro atoms. The fourth-order valence-corrected chi connectivity index (χ4v) is 4.51. The number of rotatable bonds is 9. The second kappa shape index (κ2) is 9.66. The quantitative estimate of drug-likeness (QED) is 0.694. The monoisotopic (exact) mass is 404 g/mol. The Balaban J connectivity index is 2.51. The summed E-state index contributed by atoms with van der Waals surface area (Å²) in [6.45, 7) is 9.87. The van der Waals surface area contributed by atoms with Crippen LogP contribution in [-0.2, 0) is 10.0 Å². The van der Waals surface area contributed by atoms with Crippen molar-refractivity contribution in [3.05, 3.63) is 48.3 Å². The number of sulfonamides is 1. The lowest BCUT2D eigenvalue weighted by molar-refractivity contribution is 0.102. The molecular weight excluding hydrogens is 376 g/mol. The summed E-state index contributed by atoms with van der Waals surface area (Å²) >= 11 is 0. The van der Waals surface area contributed by atoms with Crippen LogP contribution >= 0.6 is 0 Å². The summed E-state index contributed by atoms with van der Waals surface area (Å²) in [6, 6.07) is 8.13. The Bertz CT molecular complexity index is 893. The van der Waals surface area contributed by atoms with Crippen molar-refractivity contribution in [2.75, 3.05) is 36.4 Å². The van der Waals surface area contributed by atoms with Gasteiger partial charge in [-0.15, -0.1) is 0 Å². The summed E-state index contributed by atoms with van der Waals surface area (Å²) in [7, 11) is -3.63. The van der Waals surface area contributed by atoms with Crippen molar-refractivity contribution in [1.29, 1.82) is 0 Å². The van der Waals surface area contributed by atoms with Crippen LogP contribution in [0.25, 0.3) is 0 Å². The molecule has 1 amide bonds. The van der Waals surface area contributed by atoms with Gasteiger partial charge in [0.15, 0.2) is 0 Å². The normalized spacial score (nSPS) is 11.5. The van der Waals surface area contributed by atoms with Crippen molar-refractivity contribution in [2.45, 2.75) is 32.6 Å². The number of carbonyl (C=O) groups excluding carboxylic acids is 1. The fraction of sp³-hybridized carbons (Fsp3) is 0.400. The second-order valence-electron chi connectivity index (χ2n) is 6.13. The average Bonchev–Trinajstić information content (AvgIpc) is 2.71. The van der Waals surface area contributed by atoms with Crippen LogP contribution in [0.1, 0.15) is 38.1 Å². The third-order valence-corrected chi connectivity index (χ3v) is 6.65. The minimum Gasteiger partial charge on any atom is -0.370 e. The molecule has 0 bridgehead atoms. The summed E-state index contributed by atoms with van der Waals surface area (Å²) in [4.78, 5) is 18.8. The largest absolute Gasteiger partial charge is 0.370 e. The minimum absolute atomic E-state index is 0.164. The number of pyridine rings is 1. The molecule has 0 aliphatic carbocycles. The number of nitrogens with one attached hydrogen (secondary N) is 1. The number of amides is 1. The van der Waals surface area contributed by atoms with Gasteiger partial charge in [-0.1, -0.05) is 13.8 Å². The van der Waals surface area contributed by atoms with Gasteiger partial charge in [0.25, 0.3) is 5.91 Å². The Morgan fingerprint density at radius 1 is 0.964 bits per heavy atom. The molecule has 7 nitrogen and oxygen atoms in total. The number of hydrogen-bond acceptors (Lipinski definition) is 5. The van der Waals surface area contributed by atoms with E-state index in [1.807, 2.05) is 13.8 Å². The van der Waals surface area contributed by atoms with Crippen LogP contribution in [0.3, 0.4) is 0 Å². The SMILES string of the molecule is CCN(CC)c1ccc(S(=O)(=O)N(CC)CC)cc1NC(=O)c1ccncc1. The van der Waals surface area contributed by atoms with Crippen molar-refractivity contribution < 1.29 is 13.2 Å². The molecule has 0 saturated carbocycles. The zero-order valence-electron chi connectivity index (χ0n) is 16.8. The van der Waals surface area contributed by atoms with E-state index in [4.69, 9.17) is 0 Å². The van der Waals surface area contributed by atoms with Gasteiger partial charge >= 0.3 is 0 Å². The van der Waals surface area contributed by atoms with E-state index in [0.717, 1.165) is 18.8 Å². The number of anilines is 2. The predicted molar refractivity (Wildman–Crippen MR) is 112 cm³/mol. The van der Waals surface area contributed by atoms with Crippen molar-refractivity contribution >= 4 is 27.3 Å². The van der Waals surface area contributed by atoms with Gasteiger partial charge in [0.1, 0.15) is 0 Å². The van der Waals surface area contributed by atoms with E-state index in [0.29, 0.717) is 24.3 Å². The zero-order valence-corrected chi connectivity index (χ0v) is 17.7. The van der Waals surface area contributed by atoms with Gasteiger partial charge in [-0.2, -0.15) is 4.31 Å². The second-order valence-corrected chi connectivity index (χ2v) is 8.07. The van der Waals surface area contributed by atoms with Crippen molar-refractivity contribution in [1.82, 2.24) is 9.29 Å². The molecule has 0 aliphatic rings. The Morgan fingerprint density at radius 3 is 2.11 bits per heavy atom. The lowest BCUT2D eigenvalue weighted by Crippen LogP contribution is -2.31. The molecule has 2 rings (SSSR count). The van der Waals surface area contributed by atoms with Crippen LogP contribution in [0.4, 0.5) is 11.4 Å². The Hall–Kier alpha value is -2.45. The molecule has 1 heterocycles. The van der Waals surface area contributed by atoms with E-state index in [-0.39, 0.29) is 10.8 Å². The summed E-state index contributed by atoms with van der Waals surface area (Å²) in [5.74, 6) is -0.312. The highest BCUT2D eigenvalue weighted by molar-refractivity contribution is 7.89. The molecular formula is C20H28N4O3S. The van der Waals surface area contributed by atoms with Gasteiger partial charge in [-0.3, -0.25) is 9.78 Å². The maximum Gasteiger partial charge on any atom is 0.255 e. The minimum atomic E-state index is -3.63. The zero-order chi connectivity index (χ0) is 20.7. The molecule has 0 fully saturated rings. The Kier molecular flexibility index (Phi) is 7.53. The van der Waals surface area contributed by atoms with Gasteiger partial charge in [0.2, 0.25) is 10.0 Å². The van der Waals surface area contributed by atoms with Crippen molar-refractivity contribution in [3.63, 3.8) is 0 Å². The van der Waals surface area contributed by atoms with E-state index in [1.54, 1.807) is 56.6 Å². The van der Waals surface area contributed by atoms with Crippen LogP contribution < -0.4 is 10.2 Å². The van der Waals surface area contributed by atoms with Crippen LogP contribution in [0.2, 0.25) is 0 Å². The molecule has 0 radical (unpaired) electrons. The maximum atomic E-state index is 12.9. The highest BCUT2D eigenvalue weighted by Crippen LogP contribution is 2.30. The van der Waals surface area contributed by atoms with E-state index < -0.39 is 10.0 Å². The maximum absolute atomic E-state index is 12.9. The highest BCUT2D eigenvalue weighted by atomic mass is 32.2. The van der Waals surface area contributed by atoms with E-state index in [1.165, 1.54) is 4.31 Å². The molecule has 1 aromatic heterocycles. The first-order chi connectivity index (χ1) is 13.4. The number of nitrogens with zero attached hydrogens (tertiary/aromatic N) is 3. The fourth-order valence-electron chi connectivity index (χ4n) is 3.03. The molecule has 1 N–H and O–H groups in total. The lowest BCUT2D eigenvalue weighted by atomic mass is 10.2. The molecule has 28 heavy (non-hydrogen) atoms. The molecule has 8 heteroatoms. The molecule has 0 atom stereocenters. The molecule has 1 aromatic carbocycles. The molecule has 0 unspecified atom stereocenters. The molecule has 152 valence electrons. The average molecular weight is 405 g/mol. The van der Waals surface area contributed by atoms with Crippen molar-refractivity contribution in [3.8, 4) is 0 Å². The number of benzene rings is 1. The van der Waals surface area contributed by atoms with Gasteiger partial charge in [-0.05, 0) is 44.2 Å². The summed E-state index contributed by atoms with van der Waals surface area (Å²) in [5, 5.41) is 2.87. The van der Waals surface area contributed by atoms with Crippen LogP contribution in [0.5, 0.6) is 0 Å². The standard InChI is InChI=1S/C20H28N4O3S/c1-5-23(6-2)19-10-9-17(28(26,27)24(7-3)8-4)15-18(19)22-20(25)16-11-13-21-14-12-16/h9-15H,5-8H2,1-4H3,(H,22,25). The van der Waals surface area contributed by atoms with E-state index in [2.05, 4.69) is 15.2 Å². The summed E-state index contributed by atoms with van der Waals surface area (Å²) < 4.78 is 27.2. The summed E-state index contributed by atoms with van der Waals surface area (Å²) in [5.41, 5.74) is 1.71. The van der Waals surface area contributed by atoms with Crippen molar-refractivity contribution in [2.24, 2.45) is 0 Å². The smallest absolute Gasteiger partial charge is 0.255 e. The number of hydrogen-bond donors (Lipinski definition) is 1. The number of carbonyl (C=O) groups is 1. The lowest BCUT2D eigenvalue weighted by Gasteiger charge is -2.26. The van der Waals surface area contributed by atoms with Crippen LogP contribution in [0.15, 0.2) is 47.6 Å². The highest BCUT2D eigenvalue weighted by Gasteiger charge is 2.24. The summed E-state index contributed by atoms with van der Waals surface area (Å²) in [6.07, 6.45) is 3.09. The first-order valence-electron chi connectivity index (χ1n) is 9.49. The van der Waals surface area contributed by atoms with Gasteiger partial charge < -0.3 is 10.2 Å². The van der Waals surface area contributed by atoms with E-state index >= 15 is 0 Å². The Morgan fingerprint density at radius 2 is 1.57 bits per heavy atom. The number of aromatic nitrogens is 1. The van der Waals surface area contributed by atoms with E-state index in [9.17, 15) is 13.2 Å². The molecule has 0 saturated heterocycles. The predicted octanol–water partition coefficient (Wildman–Crippen LogP) is 3.21. The van der Waals surface area contributed by atoms with Crippen LogP contribution in [-0.4, -0.2) is 49.8 Å². The first kappa shape index (κ1) is 21.8. The van der Waals surface area contributed by atoms with Gasteiger partial charge in [-0.25, -0.2) is 8.42 Å². The van der Waals surface area contributed by atoms with Crippen LogP contribution in [0, 0.1) is 0 Å². The third kappa shape index (κ3) is 4.69.